The van der Waals surface area contributed by atoms with Crippen molar-refractivity contribution in [2.24, 2.45) is 0 Å². The van der Waals surface area contributed by atoms with Crippen LogP contribution in [-0.4, -0.2) is 17.1 Å². The normalized spacial score (nSPS) is 9.92. The van der Waals surface area contributed by atoms with Crippen LogP contribution in [0.1, 0.15) is 24.3 Å². The number of hydrogen-bond acceptors (Lipinski definition) is 3. The molecule has 0 saturated heterocycles. The Morgan fingerprint density at radius 2 is 2.42 bits per heavy atom. The molecule has 0 saturated carbocycles. The molecule has 1 aromatic rings. The summed E-state index contributed by atoms with van der Waals surface area (Å²) in [4.78, 5) is 14.9. The molecule has 0 spiro atoms. The molecule has 0 aromatic carbocycles. The fourth-order valence-corrected chi connectivity index (χ4v) is 0.715. The third kappa shape index (κ3) is 2.34. The van der Waals surface area contributed by atoms with Gasteiger partial charge in [-0.25, -0.2) is 9.78 Å². The maximum absolute atomic E-state index is 11.2. The SMILES string of the molecule is CC(C)OC(=O)c1ccc[c]n1. The number of carbonyl (C=O) groups excluding carboxylic acids is 1. The Labute approximate surface area is 71.4 Å². The lowest BCUT2D eigenvalue weighted by Crippen LogP contribution is -2.12. The summed E-state index contributed by atoms with van der Waals surface area (Å²) >= 11 is 0. The van der Waals surface area contributed by atoms with Gasteiger partial charge in [0.2, 0.25) is 0 Å². The maximum Gasteiger partial charge on any atom is 0.357 e. The lowest BCUT2D eigenvalue weighted by molar-refractivity contribution is 0.0371. The molecule has 0 bridgehead atoms. The van der Waals surface area contributed by atoms with Crippen molar-refractivity contribution < 1.29 is 9.53 Å². The van der Waals surface area contributed by atoms with E-state index in [0.717, 1.165) is 0 Å². The molecule has 0 aliphatic rings. The second-order valence-corrected chi connectivity index (χ2v) is 2.61. The minimum absolute atomic E-state index is 0.112. The minimum atomic E-state index is -0.401. The smallest absolute Gasteiger partial charge is 0.357 e. The van der Waals surface area contributed by atoms with Gasteiger partial charge in [0, 0.05) is 0 Å². The molecular weight excluding hydrogens is 154 g/mol. The van der Waals surface area contributed by atoms with E-state index < -0.39 is 5.97 Å². The van der Waals surface area contributed by atoms with E-state index in [1.54, 1.807) is 32.0 Å². The molecule has 0 atom stereocenters. The highest BCUT2D eigenvalue weighted by Crippen LogP contribution is 1.98. The van der Waals surface area contributed by atoms with Crippen LogP contribution in [0.15, 0.2) is 18.2 Å². The van der Waals surface area contributed by atoms with Crippen LogP contribution in [0.25, 0.3) is 0 Å². The van der Waals surface area contributed by atoms with Gasteiger partial charge in [-0.15, -0.1) is 0 Å². The zero-order valence-corrected chi connectivity index (χ0v) is 7.07. The minimum Gasteiger partial charge on any atom is -0.458 e. The third-order valence-electron chi connectivity index (χ3n) is 1.16. The molecule has 1 heterocycles. The first kappa shape index (κ1) is 8.71. The van der Waals surface area contributed by atoms with Crippen LogP contribution in [0.5, 0.6) is 0 Å². The fraction of sp³-hybridized carbons (Fsp3) is 0.333. The molecule has 12 heavy (non-hydrogen) atoms. The van der Waals surface area contributed by atoms with E-state index in [4.69, 9.17) is 4.74 Å². The van der Waals surface area contributed by atoms with Crippen LogP contribution in [0.4, 0.5) is 0 Å². The van der Waals surface area contributed by atoms with Gasteiger partial charge < -0.3 is 4.74 Å². The highest BCUT2D eigenvalue weighted by atomic mass is 16.5. The van der Waals surface area contributed by atoms with Crippen molar-refractivity contribution in [3.8, 4) is 0 Å². The van der Waals surface area contributed by atoms with Gasteiger partial charge in [0.1, 0.15) is 5.69 Å². The molecule has 0 aliphatic carbocycles. The summed E-state index contributed by atoms with van der Waals surface area (Å²) in [6.07, 6.45) is 2.45. The van der Waals surface area contributed by atoms with Gasteiger partial charge in [-0.3, -0.25) is 0 Å². The molecule has 0 amide bonds. The van der Waals surface area contributed by atoms with Crippen molar-refractivity contribution in [2.75, 3.05) is 0 Å². The highest BCUT2D eigenvalue weighted by Gasteiger charge is 2.08. The van der Waals surface area contributed by atoms with E-state index in [1.165, 1.54) is 0 Å². The molecule has 63 valence electrons. The molecule has 0 unspecified atom stereocenters. The quantitative estimate of drug-likeness (QED) is 0.621. The van der Waals surface area contributed by atoms with E-state index >= 15 is 0 Å². The summed E-state index contributed by atoms with van der Waals surface area (Å²) in [7, 11) is 0. The Hall–Kier alpha value is -1.38. The Morgan fingerprint density at radius 3 is 2.92 bits per heavy atom. The lowest BCUT2D eigenvalue weighted by atomic mass is 10.3. The summed E-state index contributed by atoms with van der Waals surface area (Å²) in [5, 5.41) is 0. The topological polar surface area (TPSA) is 39.2 Å². The Kier molecular flexibility index (Phi) is 2.80. The second kappa shape index (κ2) is 3.85. The highest BCUT2D eigenvalue weighted by molar-refractivity contribution is 5.87. The average molecular weight is 164 g/mol. The predicted molar refractivity (Wildman–Crippen MR) is 43.6 cm³/mol. The molecule has 1 aromatic heterocycles. The predicted octanol–water partition coefficient (Wildman–Crippen LogP) is 1.45. The number of esters is 1. The van der Waals surface area contributed by atoms with E-state index in [1.807, 2.05) is 0 Å². The van der Waals surface area contributed by atoms with Gasteiger partial charge in [-0.2, -0.15) is 0 Å². The van der Waals surface area contributed by atoms with Gasteiger partial charge in [-0.1, -0.05) is 6.07 Å². The number of aromatic nitrogens is 1. The summed E-state index contributed by atoms with van der Waals surface area (Å²) in [5.41, 5.74) is 0.297. The van der Waals surface area contributed by atoms with Gasteiger partial charge in [0.15, 0.2) is 0 Å². The van der Waals surface area contributed by atoms with E-state index in [9.17, 15) is 4.79 Å². The average Bonchev–Trinajstić information content (AvgIpc) is 2.05. The summed E-state index contributed by atoms with van der Waals surface area (Å²) in [6, 6.07) is 4.93. The molecular formula is C9H10NO2. The monoisotopic (exact) mass is 164 g/mol. The van der Waals surface area contributed by atoms with Crippen LogP contribution in [0.3, 0.4) is 0 Å². The largest absolute Gasteiger partial charge is 0.458 e. The van der Waals surface area contributed by atoms with E-state index in [0.29, 0.717) is 5.69 Å². The molecule has 0 N–H and O–H groups in total. The summed E-state index contributed by atoms with van der Waals surface area (Å²) in [5.74, 6) is -0.401. The first-order valence-corrected chi connectivity index (χ1v) is 3.74. The molecule has 1 rings (SSSR count). The van der Waals surface area contributed by atoms with Crippen LogP contribution in [0, 0.1) is 6.20 Å². The van der Waals surface area contributed by atoms with Crippen molar-refractivity contribution in [2.45, 2.75) is 20.0 Å². The van der Waals surface area contributed by atoms with Crippen molar-refractivity contribution in [3.05, 3.63) is 30.1 Å². The van der Waals surface area contributed by atoms with Gasteiger partial charge in [0.25, 0.3) is 0 Å². The van der Waals surface area contributed by atoms with Gasteiger partial charge in [-0.05, 0) is 26.0 Å². The van der Waals surface area contributed by atoms with Crippen molar-refractivity contribution in [1.82, 2.24) is 4.98 Å². The lowest BCUT2D eigenvalue weighted by Gasteiger charge is -2.05. The number of rotatable bonds is 2. The standard InChI is InChI=1S/C9H10NO2/c1-7(2)12-9(11)8-5-3-4-6-10-8/h3-5,7H,1-2H3. The first-order valence-electron chi connectivity index (χ1n) is 3.74. The Balaban J connectivity index is 2.66. The number of nitrogens with zero attached hydrogens (tertiary/aromatic N) is 1. The molecule has 0 fully saturated rings. The fourth-order valence-electron chi connectivity index (χ4n) is 0.715. The molecule has 3 nitrogen and oxygen atoms in total. The Morgan fingerprint density at radius 1 is 1.67 bits per heavy atom. The van der Waals surface area contributed by atoms with Crippen molar-refractivity contribution >= 4 is 5.97 Å². The zero-order valence-electron chi connectivity index (χ0n) is 7.07. The van der Waals surface area contributed by atoms with Gasteiger partial charge >= 0.3 is 5.97 Å². The van der Waals surface area contributed by atoms with E-state index in [-0.39, 0.29) is 6.10 Å². The Bertz CT molecular complexity index is 256. The third-order valence-corrected chi connectivity index (χ3v) is 1.16. The maximum atomic E-state index is 11.2. The van der Waals surface area contributed by atoms with Crippen LogP contribution < -0.4 is 0 Å². The second-order valence-electron chi connectivity index (χ2n) is 2.61. The van der Waals surface area contributed by atoms with Crippen LogP contribution in [-0.2, 0) is 4.74 Å². The number of pyridine rings is 1. The zero-order chi connectivity index (χ0) is 8.97. The summed E-state index contributed by atoms with van der Waals surface area (Å²) in [6.45, 7) is 3.59. The number of ether oxygens (including phenoxy) is 1. The molecule has 1 radical (unpaired) electrons. The van der Waals surface area contributed by atoms with Gasteiger partial charge in [0.05, 0.1) is 12.3 Å². The first-order chi connectivity index (χ1) is 5.70. The van der Waals surface area contributed by atoms with Crippen LogP contribution >= 0.6 is 0 Å². The number of hydrogen-bond donors (Lipinski definition) is 0. The molecule has 3 heteroatoms. The molecule has 0 aliphatic heterocycles. The van der Waals surface area contributed by atoms with Crippen molar-refractivity contribution in [1.29, 1.82) is 0 Å². The van der Waals surface area contributed by atoms with Crippen molar-refractivity contribution in [3.63, 3.8) is 0 Å². The van der Waals surface area contributed by atoms with E-state index in [2.05, 4.69) is 11.2 Å². The van der Waals surface area contributed by atoms with Crippen LogP contribution in [0.2, 0.25) is 0 Å². The summed E-state index contributed by atoms with van der Waals surface area (Å²) < 4.78 is 4.91. The number of carbonyl (C=O) groups is 1.